The molecule has 104 valence electrons. The number of esters is 1. The van der Waals surface area contributed by atoms with Crippen molar-refractivity contribution in [2.75, 3.05) is 6.61 Å². The molecule has 2 heterocycles. The fourth-order valence-electron chi connectivity index (χ4n) is 0.907. The maximum Gasteiger partial charge on any atom is 1.00 e. The maximum atomic E-state index is 11.6. The fraction of sp³-hybridized carbons (Fsp3) is 0.500. The molecule has 0 aliphatic carbocycles. The van der Waals surface area contributed by atoms with Crippen molar-refractivity contribution in [1.29, 1.82) is 0 Å². The molecule has 2 aromatic heterocycles. The summed E-state index contributed by atoms with van der Waals surface area (Å²) in [7, 11) is 0. The predicted molar refractivity (Wildman–Crippen MR) is 55.7 cm³/mol. The Morgan fingerprint density at radius 3 is 1.95 bits per heavy atom. The summed E-state index contributed by atoms with van der Waals surface area (Å²) in [6, 6.07) is 0. The van der Waals surface area contributed by atoms with E-state index in [1.165, 1.54) is 0 Å². The van der Waals surface area contributed by atoms with Crippen LogP contribution in [-0.4, -0.2) is 49.8 Å². The Bertz CT molecular complexity index is 539. The zero-order valence-corrected chi connectivity index (χ0v) is 16.0. The van der Waals surface area contributed by atoms with Gasteiger partial charge in [0.05, 0.1) is 6.61 Å². The van der Waals surface area contributed by atoms with Crippen LogP contribution in [-0.2, 0) is 9.53 Å². The quantitative estimate of drug-likeness (QED) is 0.281. The summed E-state index contributed by atoms with van der Waals surface area (Å²) in [6.07, 6.45) is -1.35. The van der Waals surface area contributed by atoms with Gasteiger partial charge in [-0.2, -0.15) is 10.4 Å². The van der Waals surface area contributed by atoms with Crippen molar-refractivity contribution in [3.63, 3.8) is 0 Å². The van der Waals surface area contributed by atoms with Crippen molar-refractivity contribution in [2.45, 2.75) is 13.1 Å². The van der Waals surface area contributed by atoms with E-state index in [9.17, 15) is 4.79 Å². The molecule has 22 heavy (non-hydrogen) atoms. The van der Waals surface area contributed by atoms with Crippen LogP contribution in [0.1, 0.15) is 6.92 Å². The minimum absolute atomic E-state index is 0. The summed E-state index contributed by atoms with van der Waals surface area (Å²) in [5, 5.41) is 40.6. The van der Waals surface area contributed by atoms with Crippen LogP contribution < -0.4 is 69.3 Å². The molecule has 0 aromatic carbocycles. The van der Waals surface area contributed by atoms with E-state index in [1.54, 1.807) is 6.92 Å². The van der Waals surface area contributed by atoms with Crippen LogP contribution in [0.2, 0.25) is 0 Å². The Morgan fingerprint density at radius 2 is 1.59 bits per heavy atom. The first-order valence-corrected chi connectivity index (χ1v) is 5.15. The molecule has 2 rings (SSSR count). The topological polar surface area (TPSA) is 181 Å². The van der Waals surface area contributed by atoms with Crippen molar-refractivity contribution in [1.82, 2.24) is 41.2 Å². The van der Waals surface area contributed by atoms with Crippen molar-refractivity contribution >= 4 is 17.9 Å². The molecular weight excluding hydrogens is 318 g/mol. The Kier molecular flexibility index (Phi) is 10.8. The number of azo groups is 2. The standard InChI is InChI=1S/C6H6N12O2.2Na/c1-2-20-4(19)3(7-9-5-11-15-16-12-5)8-10-6-13-17-18-14-6;;/h3H,2H2,1H3;;/q-2;2*+1. The Balaban J connectivity index is 0.00000220. The summed E-state index contributed by atoms with van der Waals surface area (Å²) >= 11 is 0. The minimum Gasteiger partial charge on any atom is -0.463 e. The van der Waals surface area contributed by atoms with Crippen LogP contribution in [0.5, 0.6) is 0 Å². The number of tetrazole rings is 2. The van der Waals surface area contributed by atoms with Crippen molar-refractivity contribution in [2.24, 2.45) is 20.5 Å². The second-order valence-electron chi connectivity index (χ2n) is 2.91. The fourth-order valence-corrected chi connectivity index (χ4v) is 0.907. The van der Waals surface area contributed by atoms with Crippen LogP contribution in [0.4, 0.5) is 11.9 Å². The van der Waals surface area contributed by atoms with E-state index in [1.807, 2.05) is 0 Å². The number of hydrogen-bond acceptors (Lipinski definition) is 12. The number of rotatable bonds is 6. The van der Waals surface area contributed by atoms with E-state index in [0.29, 0.717) is 0 Å². The van der Waals surface area contributed by atoms with E-state index in [4.69, 9.17) is 4.74 Å². The second kappa shape index (κ2) is 11.4. The minimum atomic E-state index is -1.35. The van der Waals surface area contributed by atoms with Gasteiger partial charge >= 0.3 is 65.1 Å². The zero-order chi connectivity index (χ0) is 14.2. The molecule has 2 aromatic rings. The largest absolute Gasteiger partial charge is 1.00 e. The molecular formula is C6H6N12Na2O2. The summed E-state index contributed by atoms with van der Waals surface area (Å²) in [6.45, 7) is 1.78. The van der Waals surface area contributed by atoms with E-state index < -0.39 is 12.1 Å². The molecule has 0 radical (unpaired) electrons. The number of aromatic nitrogens is 8. The average Bonchev–Trinajstić information content (AvgIpc) is 3.12. The number of ether oxygens (including phenoxy) is 1. The van der Waals surface area contributed by atoms with Gasteiger partial charge in [0.1, 0.15) is 11.9 Å². The average molecular weight is 324 g/mol. The van der Waals surface area contributed by atoms with Crippen LogP contribution in [0, 0.1) is 0 Å². The van der Waals surface area contributed by atoms with Gasteiger partial charge in [-0.05, 0) is 6.92 Å². The molecule has 0 saturated carbocycles. The molecule has 14 nitrogen and oxygen atoms in total. The monoisotopic (exact) mass is 324 g/mol. The van der Waals surface area contributed by atoms with Gasteiger partial charge in [0, 0.05) is 0 Å². The molecule has 0 bridgehead atoms. The molecule has 0 atom stereocenters. The zero-order valence-electron chi connectivity index (χ0n) is 12.0. The summed E-state index contributed by atoms with van der Waals surface area (Å²) in [4.78, 5) is 11.6. The molecule has 0 aliphatic heterocycles. The Hall–Kier alpha value is -1.19. The summed E-state index contributed by atoms with van der Waals surface area (Å²) < 4.78 is 4.75. The third-order valence-electron chi connectivity index (χ3n) is 1.63. The second-order valence-corrected chi connectivity index (χ2v) is 2.91. The third kappa shape index (κ3) is 6.71. The van der Waals surface area contributed by atoms with Crippen LogP contribution in [0.25, 0.3) is 0 Å². The molecule has 0 spiro atoms. The molecule has 0 unspecified atom stereocenters. The van der Waals surface area contributed by atoms with E-state index in [0.717, 1.165) is 0 Å². The van der Waals surface area contributed by atoms with Gasteiger partial charge in [0.2, 0.25) is 0 Å². The van der Waals surface area contributed by atoms with Gasteiger partial charge < -0.3 is 4.74 Å². The summed E-state index contributed by atoms with van der Waals surface area (Å²) in [5.41, 5.74) is 0. The first kappa shape index (κ1) is 20.8. The van der Waals surface area contributed by atoms with E-state index >= 15 is 0 Å². The number of carbonyl (C=O) groups is 1. The van der Waals surface area contributed by atoms with Crippen LogP contribution >= 0.6 is 0 Å². The van der Waals surface area contributed by atoms with Gasteiger partial charge in [-0.25, -0.2) is 35.4 Å². The van der Waals surface area contributed by atoms with E-state index in [2.05, 4.69) is 61.7 Å². The van der Waals surface area contributed by atoms with Crippen molar-refractivity contribution in [3.05, 3.63) is 0 Å². The van der Waals surface area contributed by atoms with Gasteiger partial charge in [0.15, 0.2) is 0 Å². The molecule has 16 heteroatoms. The molecule has 0 amide bonds. The maximum absolute atomic E-state index is 11.6. The number of nitrogens with zero attached hydrogens (tertiary/aromatic N) is 12. The predicted octanol–water partition coefficient (Wildman–Crippen LogP) is -7.26. The number of carbonyl (C=O) groups excluding carboxylic acids is 1. The third-order valence-corrected chi connectivity index (χ3v) is 1.63. The van der Waals surface area contributed by atoms with Gasteiger partial charge in [-0.3, -0.25) is 10.2 Å². The summed E-state index contributed by atoms with van der Waals surface area (Å²) in [5.74, 6) is -1.01. The Labute approximate surface area is 166 Å². The van der Waals surface area contributed by atoms with Crippen LogP contribution in [0.15, 0.2) is 20.5 Å². The molecule has 0 fully saturated rings. The van der Waals surface area contributed by atoms with Gasteiger partial charge in [0.25, 0.3) is 6.17 Å². The SMILES string of the molecule is CCOC(=O)C(/N=N/c1nnn[n-]1)/N=N/c1nnn[n-]1.[Na+].[Na+]. The molecule has 0 saturated heterocycles. The molecule has 0 N–H and O–H groups in total. The van der Waals surface area contributed by atoms with Crippen LogP contribution in [0.3, 0.4) is 0 Å². The first-order valence-electron chi connectivity index (χ1n) is 5.15. The number of hydrogen-bond donors (Lipinski definition) is 0. The van der Waals surface area contributed by atoms with E-state index in [-0.39, 0.29) is 77.6 Å². The van der Waals surface area contributed by atoms with Gasteiger partial charge in [-0.1, -0.05) is 0 Å². The smallest absolute Gasteiger partial charge is 0.463 e. The van der Waals surface area contributed by atoms with Gasteiger partial charge in [-0.15, -0.1) is 10.4 Å². The Morgan fingerprint density at radius 1 is 1.09 bits per heavy atom. The normalized spacial score (nSPS) is 10.6. The van der Waals surface area contributed by atoms with Crippen molar-refractivity contribution in [3.8, 4) is 0 Å². The first-order chi connectivity index (χ1) is 9.79. The van der Waals surface area contributed by atoms with Crippen molar-refractivity contribution < 1.29 is 68.6 Å². The molecule has 0 aliphatic rings.